The molecule has 11 heteroatoms. The molecule has 0 bridgehead atoms. The largest absolute Gasteiger partial charge is 0.493 e. The van der Waals surface area contributed by atoms with Gasteiger partial charge < -0.3 is 15.2 Å². The third-order valence-electron chi connectivity index (χ3n) is 8.24. The molecule has 3 saturated carbocycles. The molecule has 3 fully saturated rings. The van der Waals surface area contributed by atoms with Crippen LogP contribution in [0.15, 0.2) is 53.6 Å². The van der Waals surface area contributed by atoms with Crippen molar-refractivity contribution >= 4 is 21.7 Å². The van der Waals surface area contributed by atoms with Gasteiger partial charge in [0.2, 0.25) is 5.88 Å². The molecular formula is C29H33FN4O5S. The number of carbonyl (C=O) groups excluding carboxylic acids is 1. The van der Waals surface area contributed by atoms with Crippen molar-refractivity contribution < 1.29 is 28.5 Å². The molecule has 0 saturated heterocycles. The van der Waals surface area contributed by atoms with Crippen LogP contribution in [0.5, 0.6) is 11.6 Å². The molecule has 2 heterocycles. The molecule has 212 valence electrons. The number of sulfonamides is 1. The van der Waals surface area contributed by atoms with E-state index in [2.05, 4.69) is 9.97 Å². The third-order valence-corrected chi connectivity index (χ3v) is 9.47. The van der Waals surface area contributed by atoms with Gasteiger partial charge >= 0.3 is 0 Å². The van der Waals surface area contributed by atoms with Gasteiger partial charge in [-0.2, -0.15) is 8.42 Å². The fourth-order valence-corrected chi connectivity index (χ4v) is 7.17. The molecule has 3 aliphatic carbocycles. The summed E-state index contributed by atoms with van der Waals surface area (Å²) in [4.78, 5) is 21.7. The first-order valence-electron chi connectivity index (χ1n) is 13.5. The first kappa shape index (κ1) is 26.5. The molecule has 2 aromatic heterocycles. The molecule has 4 atom stereocenters. The van der Waals surface area contributed by atoms with E-state index in [-0.39, 0.29) is 35.7 Å². The first-order chi connectivity index (χ1) is 19.0. The molecule has 40 heavy (non-hydrogen) atoms. The van der Waals surface area contributed by atoms with Gasteiger partial charge in [-0.1, -0.05) is 19.9 Å². The normalized spacial score (nSPS) is 24.6. The highest BCUT2D eigenvalue weighted by Crippen LogP contribution is 2.76. The number of rotatable bonds is 9. The van der Waals surface area contributed by atoms with Gasteiger partial charge in [0.25, 0.3) is 15.9 Å². The molecule has 0 radical (unpaired) electrons. The third kappa shape index (κ3) is 4.87. The smallest absolute Gasteiger partial charge is 0.281 e. The number of pyridine rings is 2. The van der Waals surface area contributed by atoms with E-state index < -0.39 is 21.7 Å². The lowest BCUT2D eigenvalue weighted by molar-refractivity contribution is -0.0250. The zero-order valence-corrected chi connectivity index (χ0v) is 23.1. The predicted molar refractivity (Wildman–Crippen MR) is 148 cm³/mol. The van der Waals surface area contributed by atoms with E-state index in [1.165, 1.54) is 55.3 Å². The van der Waals surface area contributed by atoms with Crippen molar-refractivity contribution in [1.29, 1.82) is 0 Å². The van der Waals surface area contributed by atoms with Gasteiger partial charge in [0.1, 0.15) is 29.1 Å². The van der Waals surface area contributed by atoms with Crippen LogP contribution in [0.3, 0.4) is 0 Å². The molecular weight excluding hydrogens is 535 g/mol. The number of nitrogens with two attached hydrogens (primary N) is 1. The molecule has 3 aromatic rings. The zero-order chi connectivity index (χ0) is 28.2. The number of carbonyl (C=O) groups is 1. The number of benzene rings is 1. The van der Waals surface area contributed by atoms with Crippen LogP contribution >= 0.6 is 0 Å². The average molecular weight is 569 g/mol. The summed E-state index contributed by atoms with van der Waals surface area (Å²) in [5, 5.41) is -0.381. The van der Waals surface area contributed by atoms with E-state index in [1.54, 1.807) is 6.07 Å². The van der Waals surface area contributed by atoms with Gasteiger partial charge in [0.15, 0.2) is 5.03 Å². The highest BCUT2D eigenvalue weighted by atomic mass is 32.2. The summed E-state index contributed by atoms with van der Waals surface area (Å²) in [6.45, 7) is 4.42. The van der Waals surface area contributed by atoms with Crippen LogP contribution in [0.25, 0.3) is 11.3 Å². The summed E-state index contributed by atoms with van der Waals surface area (Å²) < 4.78 is 54.3. The molecule has 9 nitrogen and oxygen atoms in total. The van der Waals surface area contributed by atoms with Crippen molar-refractivity contribution in [3.05, 3.63) is 59.9 Å². The highest BCUT2D eigenvalue weighted by molar-refractivity contribution is 7.90. The standard InChI is InChI=1S/C29H31FN4O5S.H2/c1-16(2)15-38-20-11-17(10-19(30)12-20)23-9-7-21(27(35)34-40(36,37)26-5-3-4-25(31)33-26)28(32-23)39-24-14-29-13-18(29)6-8-22(24)29;/h3-5,7,9-12,16,18,22,24H,6,8,13-15H2,1-2H3,(H2,31,33)(H,34,35);1H. The number of nitrogens with one attached hydrogen (secondary N) is 1. The molecule has 3 N–H and O–H groups in total. The Hall–Kier alpha value is -3.73. The summed E-state index contributed by atoms with van der Waals surface area (Å²) >= 11 is 0. The van der Waals surface area contributed by atoms with Gasteiger partial charge in [0.05, 0.1) is 12.3 Å². The molecule has 1 amide bonds. The summed E-state index contributed by atoms with van der Waals surface area (Å²) in [6.07, 6.45) is 4.22. The minimum absolute atomic E-state index is 0. The van der Waals surface area contributed by atoms with Crippen LogP contribution in [-0.4, -0.2) is 37.0 Å². The van der Waals surface area contributed by atoms with E-state index in [0.717, 1.165) is 18.8 Å². The van der Waals surface area contributed by atoms with Crippen molar-refractivity contribution in [3.8, 4) is 22.9 Å². The van der Waals surface area contributed by atoms with Crippen LogP contribution in [0.4, 0.5) is 10.2 Å². The summed E-state index contributed by atoms with van der Waals surface area (Å²) in [6, 6.07) is 11.4. The Kier molecular flexibility index (Phi) is 6.44. The van der Waals surface area contributed by atoms with E-state index in [0.29, 0.717) is 34.9 Å². The molecule has 1 spiro atoms. The molecule has 4 unspecified atom stereocenters. The number of nitrogen functional groups attached to an aromatic ring is 1. The van der Waals surface area contributed by atoms with Gasteiger partial charge in [-0.3, -0.25) is 4.79 Å². The lowest BCUT2D eigenvalue weighted by atomic mass is 9.68. The van der Waals surface area contributed by atoms with Crippen LogP contribution in [-0.2, 0) is 10.0 Å². The van der Waals surface area contributed by atoms with E-state index >= 15 is 0 Å². The topological polar surface area (TPSA) is 134 Å². The fraction of sp³-hybridized carbons (Fsp3) is 0.414. The second kappa shape index (κ2) is 9.72. The number of amides is 1. The summed E-state index contributed by atoms with van der Waals surface area (Å²) in [7, 11) is -4.31. The van der Waals surface area contributed by atoms with Crippen molar-refractivity contribution in [1.82, 2.24) is 14.7 Å². The quantitative estimate of drug-likeness (QED) is 0.375. The maximum absolute atomic E-state index is 14.5. The molecule has 0 aliphatic heterocycles. The maximum atomic E-state index is 14.5. The van der Waals surface area contributed by atoms with E-state index in [1.807, 2.05) is 18.6 Å². The number of ether oxygens (including phenoxy) is 2. The van der Waals surface area contributed by atoms with E-state index in [9.17, 15) is 17.6 Å². The lowest BCUT2D eigenvalue weighted by Crippen LogP contribution is -2.45. The van der Waals surface area contributed by atoms with Gasteiger partial charge in [0, 0.05) is 19.0 Å². The fourth-order valence-electron chi connectivity index (χ4n) is 6.22. The van der Waals surface area contributed by atoms with Gasteiger partial charge in [-0.25, -0.2) is 19.1 Å². The van der Waals surface area contributed by atoms with Gasteiger partial charge in [-0.15, -0.1) is 0 Å². The van der Waals surface area contributed by atoms with Crippen LogP contribution < -0.4 is 19.9 Å². The predicted octanol–water partition coefficient (Wildman–Crippen LogP) is 4.83. The Labute approximate surface area is 233 Å². The monoisotopic (exact) mass is 568 g/mol. The zero-order valence-electron chi connectivity index (χ0n) is 22.3. The van der Waals surface area contributed by atoms with Crippen molar-refractivity contribution in [2.24, 2.45) is 23.2 Å². The highest BCUT2D eigenvalue weighted by Gasteiger charge is 2.72. The minimum atomic E-state index is -4.31. The SMILES string of the molecule is CC(C)COc1cc(F)cc(-c2ccc(C(=O)NS(=O)(=O)c3cccc(N)n3)c(OC3CC45CC4CCC35)n2)c1.[HH]. The van der Waals surface area contributed by atoms with Crippen LogP contribution in [0, 0.1) is 29.0 Å². The molecule has 6 rings (SSSR count). The lowest BCUT2D eigenvalue weighted by Gasteiger charge is -2.43. The summed E-state index contributed by atoms with van der Waals surface area (Å²) in [5.41, 5.74) is 6.75. The second-order valence-corrected chi connectivity index (χ2v) is 13.1. The number of halogens is 1. The maximum Gasteiger partial charge on any atom is 0.281 e. The number of anilines is 1. The number of hydrogen-bond acceptors (Lipinski definition) is 8. The van der Waals surface area contributed by atoms with Crippen molar-refractivity contribution in [3.63, 3.8) is 0 Å². The number of nitrogens with zero attached hydrogens (tertiary/aromatic N) is 2. The minimum Gasteiger partial charge on any atom is -0.493 e. The molecule has 3 aliphatic rings. The number of aromatic nitrogens is 2. The van der Waals surface area contributed by atoms with Crippen molar-refractivity contribution in [2.45, 2.75) is 50.7 Å². The molecule has 1 aromatic carbocycles. The Bertz CT molecular complexity index is 1600. The Morgan fingerprint density at radius 3 is 2.73 bits per heavy atom. The summed E-state index contributed by atoms with van der Waals surface area (Å²) in [5.74, 6) is 0.375. The average Bonchev–Trinajstić information content (AvgIpc) is 3.55. The Morgan fingerprint density at radius 2 is 2.00 bits per heavy atom. The number of hydrogen-bond donors (Lipinski definition) is 2. The van der Waals surface area contributed by atoms with Crippen LogP contribution in [0.1, 0.15) is 51.3 Å². The Morgan fingerprint density at radius 1 is 1.18 bits per heavy atom. The van der Waals surface area contributed by atoms with E-state index in [4.69, 9.17) is 15.2 Å². The van der Waals surface area contributed by atoms with Crippen molar-refractivity contribution in [2.75, 3.05) is 12.3 Å². The second-order valence-electron chi connectivity index (χ2n) is 11.4. The Balaban J connectivity index is 0.00000337. The van der Waals surface area contributed by atoms with Crippen LogP contribution in [0.2, 0.25) is 0 Å². The van der Waals surface area contributed by atoms with Gasteiger partial charge in [-0.05, 0) is 79.3 Å². The first-order valence-corrected chi connectivity index (χ1v) is 14.9.